The fraction of sp³-hybridized carbons (Fsp3) is 0.786. The number of aliphatic carboxylic acids is 1. The largest absolute Gasteiger partial charge is 0.481 e. The first-order chi connectivity index (χ1) is 9.86. The Morgan fingerprint density at radius 1 is 1.33 bits per heavy atom. The van der Waals surface area contributed by atoms with E-state index in [0.717, 1.165) is 6.42 Å². The highest BCUT2D eigenvalue weighted by Crippen LogP contribution is 2.36. The van der Waals surface area contributed by atoms with E-state index in [1.165, 1.54) is 0 Å². The minimum atomic E-state index is -0.803. The summed E-state index contributed by atoms with van der Waals surface area (Å²) in [5.74, 6) is -1.21. The zero-order chi connectivity index (χ0) is 16.0. The van der Waals surface area contributed by atoms with E-state index in [2.05, 4.69) is 10.6 Å². The van der Waals surface area contributed by atoms with Crippen molar-refractivity contribution in [3.8, 4) is 0 Å². The molecule has 3 N–H and O–H groups in total. The van der Waals surface area contributed by atoms with Gasteiger partial charge in [-0.25, -0.2) is 4.79 Å². The van der Waals surface area contributed by atoms with Crippen molar-refractivity contribution in [3.63, 3.8) is 0 Å². The zero-order valence-electron chi connectivity index (χ0n) is 12.9. The van der Waals surface area contributed by atoms with Gasteiger partial charge in [0.05, 0.1) is 11.5 Å². The van der Waals surface area contributed by atoms with Crippen molar-refractivity contribution in [2.45, 2.75) is 46.1 Å². The number of carboxylic acid groups (broad SMARTS) is 1. The number of amides is 3. The number of carbonyl (C=O) groups excluding carboxylic acids is 2. The molecule has 0 bridgehead atoms. The van der Waals surface area contributed by atoms with Crippen LogP contribution >= 0.6 is 0 Å². The number of hydrogen-bond donors (Lipinski definition) is 3. The topological polar surface area (TPSA) is 98.7 Å². The molecule has 1 fully saturated rings. The molecule has 1 heterocycles. The van der Waals surface area contributed by atoms with Gasteiger partial charge in [-0.2, -0.15) is 0 Å². The molecule has 1 saturated heterocycles. The molecule has 0 saturated carbocycles. The van der Waals surface area contributed by atoms with Gasteiger partial charge in [0, 0.05) is 19.6 Å². The standard InChI is InChI=1S/C14H25N3O4/c1-4-6-14(12(19)20)7-8-17(9-14)10(3)11(18)16-13(21)15-5-2/h10H,4-9H2,1-3H3,(H,19,20)(H2,15,16,18,21). The highest BCUT2D eigenvalue weighted by molar-refractivity contribution is 5.96. The number of likely N-dealkylation sites (tertiary alicyclic amines) is 1. The minimum absolute atomic E-state index is 0.347. The van der Waals surface area contributed by atoms with Crippen LogP contribution in [0.1, 0.15) is 40.0 Å². The number of imide groups is 1. The Morgan fingerprint density at radius 2 is 2.00 bits per heavy atom. The van der Waals surface area contributed by atoms with E-state index in [4.69, 9.17) is 0 Å². The van der Waals surface area contributed by atoms with Gasteiger partial charge in [0.2, 0.25) is 5.91 Å². The maximum absolute atomic E-state index is 12.0. The molecule has 120 valence electrons. The van der Waals surface area contributed by atoms with Gasteiger partial charge in [0.1, 0.15) is 0 Å². The first kappa shape index (κ1) is 17.4. The van der Waals surface area contributed by atoms with Gasteiger partial charge in [0.15, 0.2) is 0 Å². The number of urea groups is 1. The number of carboxylic acids is 1. The summed E-state index contributed by atoms with van der Waals surface area (Å²) in [6, 6.07) is -1.04. The summed E-state index contributed by atoms with van der Waals surface area (Å²) in [6.45, 7) is 6.75. The molecular weight excluding hydrogens is 274 g/mol. The minimum Gasteiger partial charge on any atom is -0.481 e. The Hall–Kier alpha value is -1.63. The third-order valence-corrected chi connectivity index (χ3v) is 4.07. The Balaban J connectivity index is 2.64. The summed E-state index contributed by atoms with van der Waals surface area (Å²) in [5.41, 5.74) is -0.769. The average molecular weight is 299 g/mol. The smallest absolute Gasteiger partial charge is 0.321 e. The lowest BCUT2D eigenvalue weighted by atomic mass is 9.83. The molecule has 1 aliphatic heterocycles. The predicted molar refractivity (Wildman–Crippen MR) is 77.8 cm³/mol. The lowest BCUT2D eigenvalue weighted by Crippen LogP contribution is -2.49. The van der Waals surface area contributed by atoms with Gasteiger partial charge in [-0.3, -0.25) is 19.8 Å². The number of carbonyl (C=O) groups is 3. The Bertz CT molecular complexity index is 413. The highest BCUT2D eigenvalue weighted by Gasteiger charge is 2.45. The van der Waals surface area contributed by atoms with Gasteiger partial charge >= 0.3 is 12.0 Å². The number of rotatable bonds is 6. The van der Waals surface area contributed by atoms with E-state index in [1.54, 1.807) is 13.8 Å². The van der Waals surface area contributed by atoms with Crippen LogP contribution < -0.4 is 10.6 Å². The molecule has 7 heteroatoms. The Labute approximate surface area is 125 Å². The van der Waals surface area contributed by atoms with Gasteiger partial charge in [-0.05, 0) is 26.7 Å². The van der Waals surface area contributed by atoms with Crippen molar-refractivity contribution in [2.24, 2.45) is 5.41 Å². The van der Waals surface area contributed by atoms with E-state index in [1.807, 2.05) is 11.8 Å². The quantitative estimate of drug-likeness (QED) is 0.674. The summed E-state index contributed by atoms with van der Waals surface area (Å²) in [6.07, 6.45) is 1.93. The Morgan fingerprint density at radius 3 is 2.52 bits per heavy atom. The van der Waals surface area contributed by atoms with Crippen molar-refractivity contribution in [1.82, 2.24) is 15.5 Å². The van der Waals surface area contributed by atoms with E-state index in [0.29, 0.717) is 32.5 Å². The zero-order valence-corrected chi connectivity index (χ0v) is 12.9. The van der Waals surface area contributed by atoms with Crippen LogP contribution in [0.3, 0.4) is 0 Å². The molecule has 2 unspecified atom stereocenters. The first-order valence-corrected chi connectivity index (χ1v) is 7.42. The third kappa shape index (κ3) is 4.17. The fourth-order valence-corrected chi connectivity index (χ4v) is 2.79. The van der Waals surface area contributed by atoms with Crippen LogP contribution in [0.4, 0.5) is 4.79 Å². The van der Waals surface area contributed by atoms with E-state index < -0.39 is 29.4 Å². The number of nitrogens with zero attached hydrogens (tertiary/aromatic N) is 1. The van der Waals surface area contributed by atoms with Crippen LogP contribution in [0.15, 0.2) is 0 Å². The van der Waals surface area contributed by atoms with Crippen LogP contribution in [-0.2, 0) is 9.59 Å². The second kappa shape index (κ2) is 7.40. The van der Waals surface area contributed by atoms with Crippen molar-refractivity contribution in [3.05, 3.63) is 0 Å². The number of hydrogen-bond acceptors (Lipinski definition) is 4. The molecule has 0 aromatic heterocycles. The predicted octanol–water partition coefficient (Wildman–Crippen LogP) is 0.797. The molecule has 7 nitrogen and oxygen atoms in total. The molecule has 3 amide bonds. The van der Waals surface area contributed by atoms with Crippen LogP contribution in [0.2, 0.25) is 0 Å². The van der Waals surface area contributed by atoms with E-state index in [9.17, 15) is 19.5 Å². The van der Waals surface area contributed by atoms with Gasteiger partial charge in [-0.15, -0.1) is 0 Å². The summed E-state index contributed by atoms with van der Waals surface area (Å²) in [5, 5.41) is 14.2. The van der Waals surface area contributed by atoms with Gasteiger partial charge in [-0.1, -0.05) is 13.3 Å². The SMILES string of the molecule is CCCC1(C(=O)O)CCN(C(C)C(=O)NC(=O)NCC)C1. The molecule has 0 spiro atoms. The highest BCUT2D eigenvalue weighted by atomic mass is 16.4. The van der Waals surface area contributed by atoms with Crippen LogP contribution in [-0.4, -0.2) is 53.6 Å². The Kier molecular flexibility index (Phi) is 6.14. The van der Waals surface area contributed by atoms with Crippen molar-refractivity contribution in [2.75, 3.05) is 19.6 Å². The molecule has 0 aliphatic carbocycles. The van der Waals surface area contributed by atoms with E-state index in [-0.39, 0.29) is 0 Å². The molecule has 1 rings (SSSR count). The molecule has 1 aliphatic rings. The summed E-state index contributed by atoms with van der Waals surface area (Å²) in [7, 11) is 0. The summed E-state index contributed by atoms with van der Waals surface area (Å²) >= 11 is 0. The van der Waals surface area contributed by atoms with Crippen LogP contribution in [0.5, 0.6) is 0 Å². The molecular formula is C14H25N3O4. The average Bonchev–Trinajstić information content (AvgIpc) is 2.84. The van der Waals surface area contributed by atoms with E-state index >= 15 is 0 Å². The molecule has 21 heavy (non-hydrogen) atoms. The molecule has 2 atom stereocenters. The van der Waals surface area contributed by atoms with Crippen molar-refractivity contribution >= 4 is 17.9 Å². The van der Waals surface area contributed by atoms with Gasteiger partial charge in [0.25, 0.3) is 0 Å². The maximum atomic E-state index is 12.0. The third-order valence-electron chi connectivity index (χ3n) is 4.07. The van der Waals surface area contributed by atoms with Crippen LogP contribution in [0.25, 0.3) is 0 Å². The normalized spacial score (nSPS) is 23.6. The fourth-order valence-electron chi connectivity index (χ4n) is 2.79. The maximum Gasteiger partial charge on any atom is 0.321 e. The monoisotopic (exact) mass is 299 g/mol. The molecule has 0 aromatic rings. The first-order valence-electron chi connectivity index (χ1n) is 7.42. The number of nitrogens with one attached hydrogen (secondary N) is 2. The lowest BCUT2D eigenvalue weighted by Gasteiger charge is -2.27. The summed E-state index contributed by atoms with van der Waals surface area (Å²) in [4.78, 5) is 36.7. The molecule has 0 aromatic carbocycles. The second-order valence-corrected chi connectivity index (χ2v) is 5.58. The van der Waals surface area contributed by atoms with Gasteiger partial charge < -0.3 is 10.4 Å². The van der Waals surface area contributed by atoms with Crippen molar-refractivity contribution < 1.29 is 19.5 Å². The summed E-state index contributed by atoms with van der Waals surface area (Å²) < 4.78 is 0. The molecule has 0 radical (unpaired) electrons. The second-order valence-electron chi connectivity index (χ2n) is 5.58. The van der Waals surface area contributed by atoms with Crippen LogP contribution in [0, 0.1) is 5.41 Å². The lowest BCUT2D eigenvalue weighted by molar-refractivity contribution is -0.149. The van der Waals surface area contributed by atoms with Crippen molar-refractivity contribution in [1.29, 1.82) is 0 Å².